The number of methoxy groups -OCH3 is 2. The lowest BCUT2D eigenvalue weighted by Crippen LogP contribution is -2.18. The molecule has 1 atom stereocenters. The summed E-state index contributed by atoms with van der Waals surface area (Å²) in [4.78, 5) is 21.1. The molecule has 0 spiro atoms. The van der Waals surface area contributed by atoms with E-state index in [0.29, 0.717) is 22.5 Å². The normalized spacial score (nSPS) is 11.9. The maximum atomic E-state index is 12.1. The molecule has 2 heterocycles. The van der Waals surface area contributed by atoms with Gasteiger partial charge in [-0.25, -0.2) is 9.97 Å². The Hall–Kier alpha value is -2.59. The highest BCUT2D eigenvalue weighted by molar-refractivity contribution is 8.00. The van der Waals surface area contributed by atoms with E-state index in [2.05, 4.69) is 20.2 Å². The lowest BCUT2D eigenvalue weighted by atomic mass is 10.3. The summed E-state index contributed by atoms with van der Waals surface area (Å²) in [6, 6.07) is 9.58. The standard InChI is InChI=1S/C21H25N5O3S2/c1-6-17(19(27)29-5)31-21-25-24-18(12-30-20-22-13(2)11-14(3)23-20)26(21)15-7-9-16(28-4)10-8-15/h7-11,17H,6,12H2,1-5H3. The molecule has 0 aliphatic rings. The van der Waals surface area contributed by atoms with Crippen LogP contribution in [0, 0.1) is 13.8 Å². The van der Waals surface area contributed by atoms with Gasteiger partial charge < -0.3 is 9.47 Å². The van der Waals surface area contributed by atoms with Gasteiger partial charge in [-0.15, -0.1) is 10.2 Å². The molecular weight excluding hydrogens is 434 g/mol. The van der Waals surface area contributed by atoms with E-state index in [4.69, 9.17) is 9.47 Å². The Balaban J connectivity index is 1.93. The molecule has 0 amide bonds. The van der Waals surface area contributed by atoms with E-state index in [9.17, 15) is 4.79 Å². The third kappa shape index (κ3) is 5.76. The molecule has 3 aromatic rings. The van der Waals surface area contributed by atoms with E-state index in [1.807, 2.05) is 55.7 Å². The Morgan fingerprint density at radius 1 is 1.10 bits per heavy atom. The molecule has 1 aromatic carbocycles. The zero-order chi connectivity index (χ0) is 22.4. The van der Waals surface area contributed by atoms with Crippen LogP contribution in [0.1, 0.15) is 30.6 Å². The monoisotopic (exact) mass is 459 g/mol. The van der Waals surface area contributed by atoms with Gasteiger partial charge in [0.05, 0.1) is 20.0 Å². The van der Waals surface area contributed by atoms with E-state index in [-0.39, 0.29) is 11.2 Å². The van der Waals surface area contributed by atoms with Gasteiger partial charge >= 0.3 is 5.97 Å². The number of hydrogen-bond donors (Lipinski definition) is 0. The smallest absolute Gasteiger partial charge is 0.319 e. The molecule has 8 nitrogen and oxygen atoms in total. The van der Waals surface area contributed by atoms with Gasteiger partial charge in [-0.05, 0) is 50.6 Å². The van der Waals surface area contributed by atoms with Gasteiger partial charge in [-0.2, -0.15) is 0 Å². The van der Waals surface area contributed by atoms with E-state index in [1.54, 1.807) is 7.11 Å². The van der Waals surface area contributed by atoms with Gasteiger partial charge in [-0.1, -0.05) is 30.4 Å². The lowest BCUT2D eigenvalue weighted by molar-refractivity contribution is -0.140. The maximum Gasteiger partial charge on any atom is 0.319 e. The van der Waals surface area contributed by atoms with E-state index < -0.39 is 0 Å². The van der Waals surface area contributed by atoms with E-state index in [1.165, 1.54) is 30.6 Å². The first kappa shape index (κ1) is 23.1. The predicted octanol–water partition coefficient (Wildman–Crippen LogP) is 4.02. The van der Waals surface area contributed by atoms with Gasteiger partial charge in [-0.3, -0.25) is 9.36 Å². The van der Waals surface area contributed by atoms with Crippen molar-refractivity contribution in [2.24, 2.45) is 0 Å². The Bertz CT molecular complexity index is 1020. The zero-order valence-electron chi connectivity index (χ0n) is 18.2. The molecule has 0 radical (unpaired) electrons. The van der Waals surface area contributed by atoms with Crippen LogP contribution in [0.4, 0.5) is 0 Å². The Morgan fingerprint density at radius 3 is 2.35 bits per heavy atom. The average molecular weight is 460 g/mol. The fraction of sp³-hybridized carbons (Fsp3) is 0.381. The third-order valence-corrected chi connectivity index (χ3v) is 6.53. The van der Waals surface area contributed by atoms with Crippen molar-refractivity contribution < 1.29 is 14.3 Å². The molecule has 0 fully saturated rings. The molecule has 0 saturated carbocycles. The molecule has 31 heavy (non-hydrogen) atoms. The van der Waals surface area contributed by atoms with Gasteiger partial charge in [0.2, 0.25) is 0 Å². The molecule has 164 valence electrons. The number of benzene rings is 1. The summed E-state index contributed by atoms with van der Waals surface area (Å²) in [5.41, 5.74) is 2.73. The van der Waals surface area contributed by atoms with Crippen LogP contribution < -0.4 is 4.74 Å². The topological polar surface area (TPSA) is 92.0 Å². The summed E-state index contributed by atoms with van der Waals surface area (Å²) in [7, 11) is 3.02. The van der Waals surface area contributed by atoms with Gasteiger partial charge in [0.25, 0.3) is 0 Å². The SMILES string of the molecule is CCC(Sc1nnc(CSc2nc(C)cc(C)n2)n1-c1ccc(OC)cc1)C(=O)OC. The number of carbonyl (C=O) groups is 1. The van der Waals surface area contributed by atoms with Crippen LogP contribution in [0.15, 0.2) is 40.6 Å². The van der Waals surface area contributed by atoms with Gasteiger partial charge in [0.1, 0.15) is 16.8 Å². The first-order valence-corrected chi connectivity index (χ1v) is 11.6. The summed E-state index contributed by atoms with van der Waals surface area (Å²) < 4.78 is 12.2. The van der Waals surface area contributed by atoms with Crippen LogP contribution in [0.2, 0.25) is 0 Å². The first-order chi connectivity index (χ1) is 14.9. The summed E-state index contributed by atoms with van der Waals surface area (Å²) in [6.45, 7) is 5.84. The van der Waals surface area contributed by atoms with Crippen LogP contribution in [0.3, 0.4) is 0 Å². The molecule has 0 aliphatic heterocycles. The van der Waals surface area contributed by atoms with Crippen LogP contribution in [0.25, 0.3) is 5.69 Å². The zero-order valence-corrected chi connectivity index (χ0v) is 19.8. The molecule has 10 heteroatoms. The van der Waals surface area contributed by atoms with Crippen LogP contribution >= 0.6 is 23.5 Å². The molecule has 1 unspecified atom stereocenters. The second kappa shape index (κ2) is 10.6. The highest BCUT2D eigenvalue weighted by Gasteiger charge is 2.24. The minimum atomic E-state index is -0.366. The summed E-state index contributed by atoms with van der Waals surface area (Å²) >= 11 is 2.84. The Labute approximate surface area is 190 Å². The summed E-state index contributed by atoms with van der Waals surface area (Å²) in [6.07, 6.45) is 0.618. The largest absolute Gasteiger partial charge is 0.497 e. The second-order valence-corrected chi connectivity index (χ2v) is 8.80. The molecular formula is C21H25N5O3S2. The Morgan fingerprint density at radius 2 is 1.77 bits per heavy atom. The van der Waals surface area contributed by atoms with Crippen LogP contribution in [0.5, 0.6) is 5.75 Å². The maximum absolute atomic E-state index is 12.1. The number of rotatable bonds is 9. The van der Waals surface area contributed by atoms with Crippen molar-refractivity contribution in [2.75, 3.05) is 14.2 Å². The highest BCUT2D eigenvalue weighted by Crippen LogP contribution is 2.30. The van der Waals surface area contributed by atoms with Crippen molar-refractivity contribution in [2.45, 2.75) is 48.5 Å². The van der Waals surface area contributed by atoms with Crippen LogP contribution in [-0.4, -0.2) is 50.2 Å². The van der Waals surface area contributed by atoms with Crippen molar-refractivity contribution in [3.05, 3.63) is 47.5 Å². The van der Waals surface area contributed by atoms with Crippen molar-refractivity contribution in [1.82, 2.24) is 24.7 Å². The molecule has 3 rings (SSSR count). The third-order valence-electron chi connectivity index (χ3n) is 4.41. The minimum absolute atomic E-state index is 0.281. The van der Waals surface area contributed by atoms with Gasteiger partial charge in [0.15, 0.2) is 10.3 Å². The quantitative estimate of drug-likeness (QED) is 0.267. The fourth-order valence-corrected chi connectivity index (χ4v) is 4.78. The number of esters is 1. The van der Waals surface area contributed by atoms with Crippen molar-refractivity contribution >= 4 is 29.5 Å². The van der Waals surface area contributed by atoms with Crippen molar-refractivity contribution in [1.29, 1.82) is 0 Å². The lowest BCUT2D eigenvalue weighted by Gasteiger charge is -2.14. The minimum Gasteiger partial charge on any atom is -0.497 e. The fourth-order valence-electron chi connectivity index (χ4n) is 2.90. The number of ether oxygens (including phenoxy) is 2. The molecule has 0 N–H and O–H groups in total. The Kier molecular flexibility index (Phi) is 7.91. The summed E-state index contributed by atoms with van der Waals surface area (Å²) in [5.74, 6) is 1.74. The number of hydrogen-bond acceptors (Lipinski definition) is 9. The molecule has 2 aromatic heterocycles. The van der Waals surface area contributed by atoms with E-state index in [0.717, 1.165) is 28.6 Å². The number of aryl methyl sites for hydroxylation is 2. The second-order valence-electron chi connectivity index (χ2n) is 6.69. The number of nitrogens with zero attached hydrogens (tertiary/aromatic N) is 5. The number of aromatic nitrogens is 5. The number of carbonyl (C=O) groups excluding carboxylic acids is 1. The van der Waals surface area contributed by atoms with Crippen molar-refractivity contribution in [3.63, 3.8) is 0 Å². The molecule has 0 aliphatic carbocycles. The first-order valence-electron chi connectivity index (χ1n) is 9.73. The van der Waals surface area contributed by atoms with E-state index >= 15 is 0 Å². The summed E-state index contributed by atoms with van der Waals surface area (Å²) in [5, 5.41) is 9.72. The van der Waals surface area contributed by atoms with Crippen LogP contribution in [-0.2, 0) is 15.3 Å². The molecule has 0 saturated heterocycles. The van der Waals surface area contributed by atoms with Gasteiger partial charge in [0, 0.05) is 17.1 Å². The number of thioether (sulfide) groups is 2. The van der Waals surface area contributed by atoms with Crippen molar-refractivity contribution in [3.8, 4) is 11.4 Å². The molecule has 0 bridgehead atoms. The predicted molar refractivity (Wildman–Crippen MR) is 121 cm³/mol. The average Bonchev–Trinajstić information content (AvgIpc) is 3.17. The highest BCUT2D eigenvalue weighted by atomic mass is 32.2.